The Balaban J connectivity index is 1.86. The van der Waals surface area contributed by atoms with Crippen molar-refractivity contribution >= 4 is 24.2 Å². The molecule has 2 aromatic rings. The molecule has 1 aromatic carbocycles. The molecule has 0 bridgehead atoms. The molecule has 1 fully saturated rings. The topological polar surface area (TPSA) is 38.3 Å². The average molecular weight is 253 g/mol. The number of piperidine rings is 1. The first-order chi connectivity index (χ1) is 9.22. The summed E-state index contributed by atoms with van der Waals surface area (Å²) in [7, 11) is 7.96. The van der Waals surface area contributed by atoms with Gasteiger partial charge in [-0.1, -0.05) is 17.6 Å². The fourth-order valence-electron chi connectivity index (χ4n) is 2.41. The molecule has 3 rings (SSSR count). The number of aromatic nitrogens is 2. The molecule has 1 saturated heterocycles. The average Bonchev–Trinajstić information content (AvgIpc) is 2.42. The molecule has 0 saturated carbocycles. The van der Waals surface area contributed by atoms with Gasteiger partial charge >= 0.3 is 0 Å². The van der Waals surface area contributed by atoms with Crippen molar-refractivity contribution in [3.8, 4) is 5.88 Å². The van der Waals surface area contributed by atoms with Gasteiger partial charge in [-0.25, -0.2) is 9.97 Å². The summed E-state index contributed by atoms with van der Waals surface area (Å²) in [6.07, 6.45) is 3.84. The second kappa shape index (κ2) is 5.17. The summed E-state index contributed by atoms with van der Waals surface area (Å²) in [4.78, 5) is 10.8. The number of benzene rings is 1. The van der Waals surface area contributed by atoms with Crippen LogP contribution in [0.15, 0.2) is 24.5 Å². The highest BCUT2D eigenvalue weighted by molar-refractivity contribution is 6.33. The zero-order valence-electron chi connectivity index (χ0n) is 11.0. The second-order valence-corrected chi connectivity index (χ2v) is 5.08. The molecule has 4 nitrogen and oxygen atoms in total. The number of nitrogens with zero attached hydrogens (tertiary/aromatic N) is 3. The Bertz CT molecular complexity index is 582. The Morgan fingerprint density at radius 3 is 2.84 bits per heavy atom. The minimum Gasteiger partial charge on any atom is -0.474 e. The minimum atomic E-state index is 0.232. The summed E-state index contributed by atoms with van der Waals surface area (Å²) in [5.74, 6) is 0.645. The lowest BCUT2D eigenvalue weighted by Crippen LogP contribution is -2.35. The van der Waals surface area contributed by atoms with Crippen LogP contribution in [0.5, 0.6) is 5.88 Å². The van der Waals surface area contributed by atoms with Gasteiger partial charge in [-0.3, -0.25) is 0 Å². The SMILES string of the molecule is [B]c1ccc2ncnc(OC3CCN(C)CC3)c2c1. The molecule has 0 amide bonds. The molecular formula is C14H16BN3O. The first-order valence-corrected chi connectivity index (χ1v) is 6.58. The zero-order chi connectivity index (χ0) is 13.2. The molecule has 0 N–H and O–H groups in total. The Hall–Kier alpha value is -1.62. The van der Waals surface area contributed by atoms with Gasteiger partial charge in [-0.2, -0.15) is 0 Å². The first-order valence-electron chi connectivity index (χ1n) is 6.58. The Kier molecular flexibility index (Phi) is 3.38. The number of hydrogen-bond donors (Lipinski definition) is 0. The van der Waals surface area contributed by atoms with Crippen LogP contribution in [0.3, 0.4) is 0 Å². The summed E-state index contributed by atoms with van der Waals surface area (Å²) < 4.78 is 6.04. The number of fused-ring (bicyclic) bond motifs is 1. The summed E-state index contributed by atoms with van der Waals surface area (Å²) in [6, 6.07) is 5.61. The van der Waals surface area contributed by atoms with E-state index in [1.165, 1.54) is 0 Å². The fraction of sp³-hybridized carbons (Fsp3) is 0.429. The Morgan fingerprint density at radius 1 is 1.26 bits per heavy atom. The van der Waals surface area contributed by atoms with Crippen LogP contribution in [0.1, 0.15) is 12.8 Å². The first kappa shape index (κ1) is 12.4. The van der Waals surface area contributed by atoms with Crippen molar-refractivity contribution < 1.29 is 4.74 Å². The number of ether oxygens (including phenoxy) is 1. The van der Waals surface area contributed by atoms with Gasteiger partial charge in [0.15, 0.2) is 0 Å². The van der Waals surface area contributed by atoms with Crippen LogP contribution in [0.25, 0.3) is 10.9 Å². The van der Waals surface area contributed by atoms with Gasteiger partial charge in [-0.05, 0) is 26.0 Å². The highest BCUT2D eigenvalue weighted by Crippen LogP contribution is 2.23. The molecule has 19 heavy (non-hydrogen) atoms. The van der Waals surface area contributed by atoms with Crippen LogP contribution in [0, 0.1) is 0 Å². The zero-order valence-corrected chi connectivity index (χ0v) is 11.0. The Labute approximate surface area is 114 Å². The quantitative estimate of drug-likeness (QED) is 0.745. The van der Waals surface area contributed by atoms with E-state index in [2.05, 4.69) is 21.9 Å². The highest BCUT2D eigenvalue weighted by Gasteiger charge is 2.19. The molecule has 1 aliphatic rings. The van der Waals surface area contributed by atoms with Crippen molar-refractivity contribution in [1.29, 1.82) is 0 Å². The third kappa shape index (κ3) is 2.71. The van der Waals surface area contributed by atoms with Crippen molar-refractivity contribution in [2.75, 3.05) is 20.1 Å². The maximum atomic E-state index is 6.04. The van der Waals surface area contributed by atoms with E-state index >= 15 is 0 Å². The standard InChI is InChI=1S/C14H16BN3O/c1-18-6-4-11(5-7-18)19-14-12-8-10(15)2-3-13(12)16-9-17-14/h2-3,8-9,11H,4-7H2,1H3. The van der Waals surface area contributed by atoms with Crippen LogP contribution in [-0.2, 0) is 0 Å². The third-order valence-electron chi connectivity index (χ3n) is 3.57. The van der Waals surface area contributed by atoms with Gasteiger partial charge in [-0.15, -0.1) is 0 Å². The van der Waals surface area contributed by atoms with E-state index in [-0.39, 0.29) is 6.10 Å². The van der Waals surface area contributed by atoms with Crippen LogP contribution in [-0.4, -0.2) is 49.0 Å². The van der Waals surface area contributed by atoms with Gasteiger partial charge in [0.2, 0.25) is 5.88 Å². The monoisotopic (exact) mass is 253 g/mol. The molecular weight excluding hydrogens is 237 g/mol. The number of hydrogen-bond acceptors (Lipinski definition) is 4. The summed E-state index contributed by atoms with van der Waals surface area (Å²) in [5.41, 5.74) is 1.57. The molecule has 5 heteroatoms. The van der Waals surface area contributed by atoms with E-state index in [1.807, 2.05) is 18.2 Å². The molecule has 0 atom stereocenters. The van der Waals surface area contributed by atoms with Gasteiger partial charge in [0.05, 0.1) is 10.9 Å². The van der Waals surface area contributed by atoms with Crippen molar-refractivity contribution in [2.24, 2.45) is 0 Å². The minimum absolute atomic E-state index is 0.232. The van der Waals surface area contributed by atoms with E-state index in [0.29, 0.717) is 11.3 Å². The van der Waals surface area contributed by atoms with E-state index in [1.54, 1.807) is 6.33 Å². The summed E-state index contributed by atoms with van der Waals surface area (Å²) in [6.45, 7) is 2.13. The van der Waals surface area contributed by atoms with Crippen molar-refractivity contribution in [3.05, 3.63) is 24.5 Å². The lowest BCUT2D eigenvalue weighted by molar-refractivity contribution is 0.111. The lowest BCUT2D eigenvalue weighted by Gasteiger charge is -2.29. The van der Waals surface area contributed by atoms with Crippen molar-refractivity contribution in [2.45, 2.75) is 18.9 Å². The van der Waals surface area contributed by atoms with Crippen molar-refractivity contribution in [1.82, 2.24) is 14.9 Å². The number of likely N-dealkylation sites (tertiary alicyclic amines) is 1. The maximum Gasteiger partial charge on any atom is 0.224 e. The van der Waals surface area contributed by atoms with E-state index < -0.39 is 0 Å². The molecule has 2 heterocycles. The summed E-state index contributed by atoms with van der Waals surface area (Å²) in [5, 5.41) is 0.890. The largest absolute Gasteiger partial charge is 0.474 e. The molecule has 1 aromatic heterocycles. The fourth-order valence-corrected chi connectivity index (χ4v) is 2.41. The number of rotatable bonds is 2. The van der Waals surface area contributed by atoms with Gasteiger partial charge < -0.3 is 9.64 Å². The van der Waals surface area contributed by atoms with Crippen molar-refractivity contribution in [3.63, 3.8) is 0 Å². The normalized spacial score (nSPS) is 17.7. The van der Waals surface area contributed by atoms with Crippen LogP contribution >= 0.6 is 0 Å². The smallest absolute Gasteiger partial charge is 0.224 e. The van der Waals surface area contributed by atoms with E-state index in [4.69, 9.17) is 12.6 Å². The molecule has 0 spiro atoms. The van der Waals surface area contributed by atoms with Crippen LogP contribution in [0.4, 0.5) is 0 Å². The molecule has 2 radical (unpaired) electrons. The predicted molar refractivity (Wildman–Crippen MR) is 76.1 cm³/mol. The van der Waals surface area contributed by atoms with Gasteiger partial charge in [0.25, 0.3) is 0 Å². The predicted octanol–water partition coefficient (Wildman–Crippen LogP) is 0.897. The van der Waals surface area contributed by atoms with E-state index in [0.717, 1.165) is 36.8 Å². The highest BCUT2D eigenvalue weighted by atomic mass is 16.5. The second-order valence-electron chi connectivity index (χ2n) is 5.08. The molecule has 0 aliphatic carbocycles. The maximum absolute atomic E-state index is 6.04. The third-order valence-corrected chi connectivity index (χ3v) is 3.57. The molecule has 1 aliphatic heterocycles. The molecule has 0 unspecified atom stereocenters. The van der Waals surface area contributed by atoms with Crippen LogP contribution < -0.4 is 10.2 Å². The lowest BCUT2D eigenvalue weighted by atomic mass is 9.95. The van der Waals surface area contributed by atoms with Gasteiger partial charge in [0, 0.05) is 13.1 Å². The van der Waals surface area contributed by atoms with E-state index in [9.17, 15) is 0 Å². The molecule has 96 valence electrons. The van der Waals surface area contributed by atoms with Crippen LogP contribution in [0.2, 0.25) is 0 Å². The Morgan fingerprint density at radius 2 is 2.05 bits per heavy atom. The summed E-state index contributed by atoms with van der Waals surface area (Å²) >= 11 is 0. The van der Waals surface area contributed by atoms with Gasteiger partial charge in [0.1, 0.15) is 20.3 Å².